The number of benzene rings is 1. The Kier molecular flexibility index (Phi) is 4.12. The molecule has 2 saturated heterocycles. The summed E-state index contributed by atoms with van der Waals surface area (Å²) < 4.78 is 5.68. The van der Waals surface area contributed by atoms with Crippen LogP contribution in [0.2, 0.25) is 5.15 Å². The van der Waals surface area contributed by atoms with Gasteiger partial charge >= 0.3 is 0 Å². The van der Waals surface area contributed by atoms with Crippen LogP contribution in [0.15, 0.2) is 42.6 Å². The Bertz CT molecular complexity index is 750. The van der Waals surface area contributed by atoms with E-state index in [1.807, 2.05) is 0 Å². The first-order valence-corrected chi connectivity index (χ1v) is 8.52. The summed E-state index contributed by atoms with van der Waals surface area (Å²) in [5.74, 6) is 1.06. The third-order valence-electron chi connectivity index (χ3n) is 4.69. The van der Waals surface area contributed by atoms with E-state index in [0.29, 0.717) is 34.3 Å². The number of nitrogens with one attached hydrogen (secondary N) is 2. The van der Waals surface area contributed by atoms with Crippen molar-refractivity contribution in [2.24, 2.45) is 0 Å². The van der Waals surface area contributed by atoms with Crippen LogP contribution >= 0.6 is 11.6 Å². The Morgan fingerprint density at radius 2 is 2.08 bits per heavy atom. The second kappa shape index (κ2) is 6.42. The lowest BCUT2D eigenvalue weighted by Gasteiger charge is -2.21. The Labute approximate surface area is 145 Å². The van der Waals surface area contributed by atoms with Crippen LogP contribution in [0.5, 0.6) is 11.5 Å². The van der Waals surface area contributed by atoms with Crippen molar-refractivity contribution in [2.45, 2.75) is 37.4 Å². The molecule has 3 atom stereocenters. The van der Waals surface area contributed by atoms with Crippen LogP contribution in [0.3, 0.4) is 0 Å². The van der Waals surface area contributed by atoms with E-state index < -0.39 is 0 Å². The monoisotopic (exact) mass is 343 g/mol. The average molecular weight is 344 g/mol. The minimum absolute atomic E-state index is 0.0414. The van der Waals surface area contributed by atoms with Crippen molar-refractivity contribution in [3.8, 4) is 11.5 Å². The molecule has 0 unspecified atom stereocenters. The van der Waals surface area contributed by atoms with Crippen molar-refractivity contribution >= 4 is 17.5 Å². The molecule has 0 aliphatic carbocycles. The zero-order chi connectivity index (χ0) is 16.5. The van der Waals surface area contributed by atoms with Gasteiger partial charge in [0.05, 0.1) is 0 Å². The zero-order valence-electron chi connectivity index (χ0n) is 13.0. The van der Waals surface area contributed by atoms with Gasteiger partial charge in [-0.3, -0.25) is 4.79 Å². The van der Waals surface area contributed by atoms with Gasteiger partial charge in [0.25, 0.3) is 5.91 Å². The molecule has 0 radical (unpaired) electrons. The van der Waals surface area contributed by atoms with Crippen molar-refractivity contribution in [1.82, 2.24) is 15.6 Å². The molecule has 2 aromatic rings. The molecular formula is C18H18ClN3O2. The summed E-state index contributed by atoms with van der Waals surface area (Å²) >= 11 is 5.98. The lowest BCUT2D eigenvalue weighted by molar-refractivity contribution is 0.0931. The Balaban J connectivity index is 1.40. The smallest absolute Gasteiger partial charge is 0.251 e. The van der Waals surface area contributed by atoms with Gasteiger partial charge in [-0.2, -0.15) is 0 Å². The first-order chi connectivity index (χ1) is 11.7. The molecular weight excluding hydrogens is 326 g/mol. The third kappa shape index (κ3) is 3.09. The van der Waals surface area contributed by atoms with E-state index in [-0.39, 0.29) is 11.9 Å². The van der Waals surface area contributed by atoms with Crippen molar-refractivity contribution < 1.29 is 9.53 Å². The van der Waals surface area contributed by atoms with Gasteiger partial charge in [-0.05, 0) is 55.7 Å². The molecule has 24 heavy (non-hydrogen) atoms. The van der Waals surface area contributed by atoms with Gasteiger partial charge in [-0.15, -0.1) is 0 Å². The van der Waals surface area contributed by atoms with Crippen LogP contribution < -0.4 is 15.4 Å². The SMILES string of the molecule is O=C(N[C@@H]1C[C@H]2CC[C@@H]1N2)c1ccc(Oc2cccnc2Cl)cc1. The highest BCUT2D eigenvalue weighted by Gasteiger charge is 2.39. The predicted octanol–water partition coefficient (Wildman–Crippen LogP) is 3.15. The van der Waals surface area contributed by atoms with Gasteiger partial charge in [0, 0.05) is 29.9 Å². The molecule has 2 bridgehead atoms. The van der Waals surface area contributed by atoms with E-state index in [1.54, 1.807) is 42.6 Å². The molecule has 1 amide bonds. The Hall–Kier alpha value is -2.11. The van der Waals surface area contributed by atoms with Gasteiger partial charge in [0.1, 0.15) is 5.75 Å². The number of rotatable bonds is 4. The van der Waals surface area contributed by atoms with Crippen molar-refractivity contribution in [3.05, 3.63) is 53.3 Å². The van der Waals surface area contributed by atoms with E-state index in [0.717, 1.165) is 12.8 Å². The van der Waals surface area contributed by atoms with Gasteiger partial charge in [0.2, 0.25) is 0 Å². The fourth-order valence-corrected chi connectivity index (χ4v) is 3.64. The van der Waals surface area contributed by atoms with E-state index in [4.69, 9.17) is 16.3 Å². The fraction of sp³-hybridized carbons (Fsp3) is 0.333. The molecule has 1 aromatic heterocycles. The predicted molar refractivity (Wildman–Crippen MR) is 91.6 cm³/mol. The fourth-order valence-electron chi connectivity index (χ4n) is 3.48. The maximum absolute atomic E-state index is 12.4. The quantitative estimate of drug-likeness (QED) is 0.837. The minimum atomic E-state index is -0.0414. The van der Waals surface area contributed by atoms with Crippen LogP contribution in [0, 0.1) is 0 Å². The number of amides is 1. The second-order valence-electron chi connectivity index (χ2n) is 6.28. The summed E-state index contributed by atoms with van der Waals surface area (Å²) in [6, 6.07) is 11.8. The second-order valence-corrected chi connectivity index (χ2v) is 6.64. The number of hydrogen-bond acceptors (Lipinski definition) is 4. The number of aromatic nitrogens is 1. The number of carbonyl (C=O) groups excluding carboxylic acids is 1. The minimum Gasteiger partial charge on any atom is -0.454 e. The van der Waals surface area contributed by atoms with E-state index in [1.165, 1.54) is 6.42 Å². The number of hydrogen-bond donors (Lipinski definition) is 2. The van der Waals surface area contributed by atoms with Crippen molar-refractivity contribution in [3.63, 3.8) is 0 Å². The van der Waals surface area contributed by atoms with Crippen LogP contribution in [0.4, 0.5) is 0 Å². The number of carbonyl (C=O) groups is 1. The molecule has 0 saturated carbocycles. The van der Waals surface area contributed by atoms with Crippen molar-refractivity contribution in [1.29, 1.82) is 0 Å². The molecule has 3 heterocycles. The van der Waals surface area contributed by atoms with Crippen LogP contribution in [0.1, 0.15) is 29.6 Å². The number of nitrogens with zero attached hydrogens (tertiary/aromatic N) is 1. The molecule has 2 N–H and O–H groups in total. The highest BCUT2D eigenvalue weighted by molar-refractivity contribution is 6.30. The lowest BCUT2D eigenvalue weighted by Crippen LogP contribution is -2.42. The molecule has 6 heteroatoms. The topological polar surface area (TPSA) is 63.2 Å². The molecule has 2 aliphatic rings. The van der Waals surface area contributed by atoms with Gasteiger partial charge in [-0.1, -0.05) is 11.6 Å². The summed E-state index contributed by atoms with van der Waals surface area (Å²) in [6.45, 7) is 0. The maximum atomic E-state index is 12.4. The normalized spacial score (nSPS) is 24.8. The number of fused-ring (bicyclic) bond motifs is 2. The first-order valence-electron chi connectivity index (χ1n) is 8.14. The molecule has 5 nitrogen and oxygen atoms in total. The highest BCUT2D eigenvalue weighted by atomic mass is 35.5. The summed E-state index contributed by atoms with van der Waals surface area (Å²) in [7, 11) is 0. The van der Waals surface area contributed by atoms with E-state index in [9.17, 15) is 4.79 Å². The van der Waals surface area contributed by atoms with Crippen molar-refractivity contribution in [2.75, 3.05) is 0 Å². The summed E-state index contributed by atoms with van der Waals surface area (Å²) in [4.78, 5) is 16.4. The lowest BCUT2D eigenvalue weighted by atomic mass is 9.95. The molecule has 1 aromatic carbocycles. The molecule has 124 valence electrons. The van der Waals surface area contributed by atoms with Crippen LogP contribution in [0.25, 0.3) is 0 Å². The average Bonchev–Trinajstić information content (AvgIpc) is 3.20. The molecule has 2 fully saturated rings. The first kappa shape index (κ1) is 15.4. The van der Waals surface area contributed by atoms with Crippen LogP contribution in [-0.2, 0) is 0 Å². The maximum Gasteiger partial charge on any atom is 0.251 e. The zero-order valence-corrected chi connectivity index (χ0v) is 13.8. The van der Waals surface area contributed by atoms with Gasteiger partial charge < -0.3 is 15.4 Å². The Morgan fingerprint density at radius 3 is 2.75 bits per heavy atom. The number of halogens is 1. The standard InChI is InChI=1S/C18H18ClN3O2/c19-17-16(2-1-9-20-17)24-13-6-3-11(4-7-13)18(23)22-15-10-12-5-8-14(15)21-12/h1-4,6-7,9,12,14-15,21H,5,8,10H2,(H,22,23)/t12-,14+,15-/m1/s1. The summed E-state index contributed by atoms with van der Waals surface area (Å²) in [6.07, 6.45) is 5.00. The van der Waals surface area contributed by atoms with E-state index in [2.05, 4.69) is 15.6 Å². The summed E-state index contributed by atoms with van der Waals surface area (Å²) in [5.41, 5.74) is 0.627. The van der Waals surface area contributed by atoms with Crippen LogP contribution in [-0.4, -0.2) is 29.0 Å². The highest BCUT2D eigenvalue weighted by Crippen LogP contribution is 2.29. The number of pyridine rings is 1. The molecule has 2 aliphatic heterocycles. The third-order valence-corrected chi connectivity index (χ3v) is 4.97. The Morgan fingerprint density at radius 1 is 1.25 bits per heavy atom. The van der Waals surface area contributed by atoms with Gasteiger partial charge in [-0.25, -0.2) is 4.98 Å². The van der Waals surface area contributed by atoms with Gasteiger partial charge in [0.15, 0.2) is 10.9 Å². The molecule has 4 rings (SSSR count). The largest absolute Gasteiger partial charge is 0.454 e. The summed E-state index contributed by atoms with van der Waals surface area (Å²) in [5, 5.41) is 6.96. The molecule has 0 spiro atoms. The van der Waals surface area contributed by atoms with E-state index >= 15 is 0 Å². The number of ether oxygens (including phenoxy) is 1.